The Hall–Kier alpha value is -3.46. The Balaban J connectivity index is 1.77. The maximum absolute atomic E-state index is 9.73. The molecule has 2 N–H and O–H groups in total. The van der Waals surface area contributed by atoms with E-state index in [1.165, 1.54) is 0 Å². The summed E-state index contributed by atoms with van der Waals surface area (Å²) in [4.78, 5) is 2.64. The van der Waals surface area contributed by atoms with Crippen molar-refractivity contribution < 1.29 is 90.7 Å². The highest BCUT2D eigenvalue weighted by atomic mass is 32.1. The maximum atomic E-state index is 9.73. The van der Waals surface area contributed by atoms with Crippen LogP contribution in [0.3, 0.4) is 0 Å². The van der Waals surface area contributed by atoms with Crippen molar-refractivity contribution in [2.75, 3.05) is 144 Å². The third kappa shape index (κ3) is 41.7. The number of benzene rings is 1. The topological polar surface area (TPSA) is 273 Å². The van der Waals surface area contributed by atoms with Crippen LogP contribution in [-0.4, -0.2) is 253 Å². The fourth-order valence-corrected chi connectivity index (χ4v) is 9.18. The molecule has 0 amide bonds. The number of aryl methyl sites for hydroxylation is 1. The van der Waals surface area contributed by atoms with Gasteiger partial charge in [0.15, 0.2) is 5.00 Å². The molecule has 0 bridgehead atoms. The second-order valence-electron chi connectivity index (χ2n) is 25.1. The third-order valence-corrected chi connectivity index (χ3v) is 15.2. The number of aliphatic hydroxyl groups excluding tert-OH is 2. The first-order valence-electron chi connectivity index (χ1n) is 33.6. The molecule has 25 heteroatoms. The normalized spacial score (nSPS) is 17.6. The summed E-state index contributed by atoms with van der Waals surface area (Å²) in [6.45, 7) is 45.2. The highest BCUT2D eigenvalue weighted by Gasteiger charge is 2.20. The van der Waals surface area contributed by atoms with E-state index in [0.717, 1.165) is 22.6 Å². The summed E-state index contributed by atoms with van der Waals surface area (Å²) in [6.07, 6.45) is -3.10. The minimum absolute atomic E-state index is 0.107. The summed E-state index contributed by atoms with van der Waals surface area (Å²) >= 11 is 1.15. The lowest BCUT2D eigenvalue weighted by molar-refractivity contribution is -0.110. The van der Waals surface area contributed by atoms with Gasteiger partial charge in [0.25, 0.3) is 0 Å². The van der Waals surface area contributed by atoms with Crippen molar-refractivity contribution in [1.82, 2.24) is 0 Å². The summed E-state index contributed by atoms with van der Waals surface area (Å²) in [5.41, 5.74) is 3.44. The Kier molecular flexibility index (Phi) is 46.8. The summed E-state index contributed by atoms with van der Waals surface area (Å²) in [7, 11) is 0. The SMILES string of the molecule is Cc1cc(N(CCOCC(C)OCC(C)OCC(C)OCC(C)OCC(C)OCC(C)OCC(C)OCC(C)O)CCOCC(C)OCC(C)OCC(C)OCC(C)OCC(C)OCC(C)OCC(C)OCC(C)OCC(C)O)ccc1N=Nc1sc(C#N)c(C)c1C#N. The molecule has 17 unspecified atom stereocenters. The van der Waals surface area contributed by atoms with Crippen molar-refractivity contribution in [3.8, 4) is 12.1 Å². The zero-order valence-corrected chi connectivity index (χ0v) is 61.2. The van der Waals surface area contributed by atoms with Gasteiger partial charge in [0.2, 0.25) is 0 Å². The van der Waals surface area contributed by atoms with Crippen LogP contribution in [0, 0.1) is 36.5 Å². The number of azo groups is 1. The summed E-state index contributed by atoms with van der Waals surface area (Å²) in [6, 6.07) is 10.2. The van der Waals surface area contributed by atoms with Crippen LogP contribution in [0.25, 0.3) is 0 Å². The van der Waals surface area contributed by atoms with Crippen molar-refractivity contribution in [1.29, 1.82) is 10.5 Å². The zero-order valence-electron chi connectivity index (χ0n) is 60.4. The number of ether oxygens (including phenoxy) is 17. The minimum Gasteiger partial charge on any atom is -0.391 e. The molecular weight excluding hydrogens is 1230 g/mol. The highest BCUT2D eigenvalue weighted by Crippen LogP contribution is 2.36. The van der Waals surface area contributed by atoms with Crippen molar-refractivity contribution in [3.63, 3.8) is 0 Å². The lowest BCUT2D eigenvalue weighted by atomic mass is 10.1. The van der Waals surface area contributed by atoms with E-state index in [4.69, 9.17) is 80.5 Å². The second kappa shape index (κ2) is 50.8. The van der Waals surface area contributed by atoms with E-state index in [9.17, 15) is 20.7 Å². The first-order chi connectivity index (χ1) is 44.7. The summed E-state index contributed by atoms with van der Waals surface area (Å²) in [5, 5.41) is 47.3. The Morgan fingerprint density at radius 2 is 0.649 bits per heavy atom. The highest BCUT2D eigenvalue weighted by molar-refractivity contribution is 7.16. The number of hydrogen-bond acceptors (Lipinski definition) is 25. The van der Waals surface area contributed by atoms with E-state index in [2.05, 4.69) is 27.3 Å². The molecule has 94 heavy (non-hydrogen) atoms. The molecule has 1 aromatic carbocycles. The molecule has 0 aliphatic heterocycles. The van der Waals surface area contributed by atoms with Gasteiger partial charge in [-0.2, -0.15) is 10.5 Å². The fraction of sp³-hybridized carbons (Fsp3) is 0.826. The minimum atomic E-state index is -0.511. The van der Waals surface area contributed by atoms with Crippen LogP contribution in [0.2, 0.25) is 0 Å². The molecule has 0 saturated carbocycles. The van der Waals surface area contributed by atoms with Crippen molar-refractivity contribution in [2.24, 2.45) is 10.2 Å². The number of rotatable bonds is 58. The van der Waals surface area contributed by atoms with Gasteiger partial charge in [-0.3, -0.25) is 0 Å². The van der Waals surface area contributed by atoms with Gasteiger partial charge in [0.1, 0.15) is 17.0 Å². The van der Waals surface area contributed by atoms with Crippen LogP contribution in [-0.2, 0) is 80.5 Å². The molecule has 0 aliphatic rings. The first-order valence-corrected chi connectivity index (χ1v) is 34.5. The number of nitrogens with zero attached hydrogens (tertiary/aromatic N) is 5. The largest absolute Gasteiger partial charge is 0.391 e. The fourth-order valence-electron chi connectivity index (χ4n) is 8.30. The molecule has 1 heterocycles. The van der Waals surface area contributed by atoms with Crippen LogP contribution in [0.15, 0.2) is 28.4 Å². The van der Waals surface area contributed by atoms with Crippen LogP contribution < -0.4 is 4.90 Å². The van der Waals surface area contributed by atoms with Gasteiger partial charge in [-0.25, -0.2) is 0 Å². The van der Waals surface area contributed by atoms with Gasteiger partial charge >= 0.3 is 0 Å². The van der Waals surface area contributed by atoms with E-state index in [-0.39, 0.29) is 105 Å². The van der Waals surface area contributed by atoms with Crippen LogP contribution in [0.5, 0.6) is 0 Å². The van der Waals surface area contributed by atoms with E-state index >= 15 is 0 Å². The quantitative estimate of drug-likeness (QED) is 0.0460. The molecule has 542 valence electrons. The summed E-state index contributed by atoms with van der Waals surface area (Å²) < 4.78 is 101. The molecule has 1 aromatic heterocycles. The van der Waals surface area contributed by atoms with Crippen LogP contribution >= 0.6 is 11.3 Å². The van der Waals surface area contributed by atoms with Gasteiger partial charge in [0, 0.05) is 18.8 Å². The lowest BCUT2D eigenvalue weighted by Crippen LogP contribution is -2.33. The maximum Gasteiger partial charge on any atom is 0.158 e. The molecular formula is C69H121N5O19S. The van der Waals surface area contributed by atoms with Crippen molar-refractivity contribution in [2.45, 2.75) is 235 Å². The molecule has 2 rings (SSSR count). The molecule has 17 atom stereocenters. The van der Waals surface area contributed by atoms with Gasteiger partial charge in [-0.15, -0.1) is 21.6 Å². The van der Waals surface area contributed by atoms with Gasteiger partial charge < -0.3 is 95.6 Å². The van der Waals surface area contributed by atoms with E-state index in [1.54, 1.807) is 20.8 Å². The standard InChI is InChI=1S/C69H121N5O19S/c1-46-26-65(20-21-67(46)72-73-69-66(27-70)64(19)68(28-71)94-69)74(22-24-77-31-49(4)81-35-53(8)85-39-57(12)89-43-61(16)91-41-59(14)87-37-55(10)83-33-51(6)79-29-47(2)75)23-25-78-32-50(5)82-36-54(9)86-40-58(13)90-44-62(17)93-45-63(18)92-42-60(15)88-38-56(11)84-34-52(7)80-30-48(3)76/h20-21,26,47-63,75-76H,22-25,29-45H2,1-19H3. The number of anilines is 1. The average molecular weight is 1360 g/mol. The smallest absolute Gasteiger partial charge is 0.158 e. The van der Waals surface area contributed by atoms with Gasteiger partial charge in [0.05, 0.1) is 241 Å². The third-order valence-electron chi connectivity index (χ3n) is 14.1. The molecule has 0 aliphatic carbocycles. The molecule has 0 fully saturated rings. The van der Waals surface area contributed by atoms with Crippen molar-refractivity contribution >= 4 is 27.7 Å². The zero-order chi connectivity index (χ0) is 70.0. The molecule has 0 saturated heterocycles. The predicted octanol–water partition coefficient (Wildman–Crippen LogP) is 10.2. The lowest BCUT2D eigenvalue weighted by Gasteiger charge is -2.26. The number of hydrogen-bond donors (Lipinski definition) is 2. The van der Waals surface area contributed by atoms with Crippen LogP contribution in [0.1, 0.15) is 139 Å². The van der Waals surface area contributed by atoms with Gasteiger partial charge in [-0.1, -0.05) is 0 Å². The van der Waals surface area contributed by atoms with E-state index in [0.29, 0.717) is 152 Å². The first kappa shape index (κ1) is 86.6. The molecule has 2 aromatic rings. The number of nitriles is 2. The Morgan fingerprint density at radius 3 is 0.894 bits per heavy atom. The van der Waals surface area contributed by atoms with Crippen molar-refractivity contribution in [3.05, 3.63) is 39.8 Å². The monoisotopic (exact) mass is 1360 g/mol. The Labute approximate surface area is 567 Å². The summed E-state index contributed by atoms with van der Waals surface area (Å²) in [5.74, 6) is 0. The predicted molar refractivity (Wildman–Crippen MR) is 362 cm³/mol. The Bertz CT molecular complexity index is 2360. The Morgan fingerprint density at radius 1 is 0.383 bits per heavy atom. The second-order valence-corrected chi connectivity index (χ2v) is 26.1. The van der Waals surface area contributed by atoms with Gasteiger partial charge in [-0.05, 0) is 161 Å². The van der Waals surface area contributed by atoms with E-state index < -0.39 is 12.2 Å². The van der Waals surface area contributed by atoms with Crippen LogP contribution in [0.4, 0.5) is 16.4 Å². The molecule has 0 spiro atoms. The number of thiophene rings is 1. The number of aliphatic hydroxyl groups is 2. The molecule has 0 radical (unpaired) electrons. The molecule has 24 nitrogen and oxygen atoms in total. The van der Waals surface area contributed by atoms with E-state index in [1.807, 2.05) is 129 Å². The average Bonchev–Trinajstić information content (AvgIpc) is 1.68.